The van der Waals surface area contributed by atoms with E-state index in [1.165, 1.54) is 0 Å². The van der Waals surface area contributed by atoms with E-state index < -0.39 is 0 Å². The van der Waals surface area contributed by atoms with E-state index in [-0.39, 0.29) is 0 Å². The lowest BCUT2D eigenvalue weighted by molar-refractivity contribution is 0.269. The summed E-state index contributed by atoms with van der Waals surface area (Å²) < 4.78 is 12.8. The predicted molar refractivity (Wildman–Crippen MR) is 119 cm³/mol. The zero-order valence-electron chi connectivity index (χ0n) is 16.0. The van der Waals surface area contributed by atoms with Crippen molar-refractivity contribution in [1.29, 1.82) is 0 Å². The number of rotatable bonds is 8. The van der Waals surface area contributed by atoms with Crippen molar-refractivity contribution in [3.8, 4) is 11.5 Å². The third-order valence-corrected chi connectivity index (χ3v) is 5.11. The highest BCUT2D eigenvalue weighted by molar-refractivity contribution is 7.22. The minimum absolute atomic E-state index is 0.494. The fraction of sp³-hybridized carbons (Fsp3) is 0.130. The molecule has 1 aromatic heterocycles. The third-order valence-electron chi connectivity index (χ3n) is 4.17. The van der Waals surface area contributed by atoms with Gasteiger partial charge in [0.05, 0.1) is 23.0 Å². The Hall–Kier alpha value is -3.38. The van der Waals surface area contributed by atoms with Gasteiger partial charge in [-0.1, -0.05) is 53.8 Å². The van der Waals surface area contributed by atoms with E-state index in [4.69, 9.17) is 9.47 Å². The highest BCUT2D eigenvalue weighted by Gasteiger charge is 2.07. The van der Waals surface area contributed by atoms with Gasteiger partial charge in [0.1, 0.15) is 6.61 Å². The second kappa shape index (κ2) is 9.21. The van der Waals surface area contributed by atoms with Gasteiger partial charge in [-0.3, -0.25) is 5.43 Å². The number of nitrogens with zero attached hydrogens (tertiary/aromatic N) is 2. The van der Waals surface area contributed by atoms with Gasteiger partial charge in [-0.05, 0) is 48.4 Å². The summed E-state index contributed by atoms with van der Waals surface area (Å²) in [5.74, 6) is 1.42. The maximum absolute atomic E-state index is 5.94. The number of thiazole rings is 1. The first kappa shape index (κ1) is 19.0. The van der Waals surface area contributed by atoms with Crippen LogP contribution in [-0.4, -0.2) is 17.8 Å². The zero-order chi connectivity index (χ0) is 19.9. The Morgan fingerprint density at radius 3 is 2.62 bits per heavy atom. The van der Waals surface area contributed by atoms with Gasteiger partial charge in [0.15, 0.2) is 11.5 Å². The van der Waals surface area contributed by atoms with Crippen molar-refractivity contribution in [2.75, 3.05) is 12.0 Å². The first-order valence-corrected chi connectivity index (χ1v) is 10.2. The number of hydrogen-bond acceptors (Lipinski definition) is 6. The van der Waals surface area contributed by atoms with Crippen LogP contribution < -0.4 is 14.9 Å². The molecule has 3 aromatic carbocycles. The number of anilines is 1. The van der Waals surface area contributed by atoms with Crippen LogP contribution in [0.2, 0.25) is 0 Å². The molecule has 0 aliphatic heterocycles. The molecule has 0 amide bonds. The van der Waals surface area contributed by atoms with E-state index >= 15 is 0 Å². The second-order valence-electron chi connectivity index (χ2n) is 6.27. The van der Waals surface area contributed by atoms with E-state index in [1.807, 2.05) is 79.7 Å². The normalized spacial score (nSPS) is 11.1. The highest BCUT2D eigenvalue weighted by atomic mass is 32.1. The topological polar surface area (TPSA) is 55.7 Å². The van der Waals surface area contributed by atoms with E-state index in [0.717, 1.165) is 26.5 Å². The van der Waals surface area contributed by atoms with Crippen molar-refractivity contribution in [3.63, 3.8) is 0 Å². The lowest BCUT2D eigenvalue weighted by Gasteiger charge is -2.12. The lowest BCUT2D eigenvalue weighted by Crippen LogP contribution is -2.00. The molecule has 0 spiro atoms. The summed E-state index contributed by atoms with van der Waals surface area (Å²) in [5, 5.41) is 5.07. The lowest BCUT2D eigenvalue weighted by atomic mass is 10.2. The molecule has 0 bridgehead atoms. The monoisotopic (exact) mass is 403 g/mol. The van der Waals surface area contributed by atoms with Crippen molar-refractivity contribution >= 4 is 32.9 Å². The molecular formula is C23H21N3O2S. The maximum atomic E-state index is 5.94. The van der Waals surface area contributed by atoms with Gasteiger partial charge in [0, 0.05) is 0 Å². The summed E-state index contributed by atoms with van der Waals surface area (Å²) in [5.41, 5.74) is 5.99. The van der Waals surface area contributed by atoms with Gasteiger partial charge < -0.3 is 9.47 Å². The van der Waals surface area contributed by atoms with Crippen LogP contribution in [0.4, 0.5) is 5.13 Å². The average molecular weight is 404 g/mol. The SMILES string of the molecule is CCOc1cc(C=NNc2nc3ccccc3s2)ccc1OCc1ccccc1. The van der Waals surface area contributed by atoms with Gasteiger partial charge in [0.25, 0.3) is 0 Å². The molecule has 0 unspecified atom stereocenters. The zero-order valence-corrected chi connectivity index (χ0v) is 16.9. The molecule has 0 atom stereocenters. The molecule has 0 saturated heterocycles. The first-order valence-electron chi connectivity index (χ1n) is 9.40. The van der Waals surface area contributed by atoms with Gasteiger partial charge in [-0.15, -0.1) is 0 Å². The van der Waals surface area contributed by atoms with E-state index in [0.29, 0.717) is 24.7 Å². The fourth-order valence-electron chi connectivity index (χ4n) is 2.81. The minimum atomic E-state index is 0.494. The van der Waals surface area contributed by atoms with Crippen LogP contribution in [0.25, 0.3) is 10.2 Å². The summed E-state index contributed by atoms with van der Waals surface area (Å²) in [6, 6.07) is 23.9. The number of hydrazone groups is 1. The molecule has 6 heteroatoms. The quantitative estimate of drug-likeness (QED) is 0.302. The van der Waals surface area contributed by atoms with Crippen LogP contribution >= 0.6 is 11.3 Å². The number of ether oxygens (including phenoxy) is 2. The molecule has 146 valence electrons. The standard InChI is InChI=1S/C23H21N3O2S/c1-2-27-21-14-18(12-13-20(21)28-16-17-8-4-3-5-9-17)15-24-26-23-25-19-10-6-7-11-22(19)29-23/h3-15H,2,16H2,1H3,(H,25,26). The summed E-state index contributed by atoms with van der Waals surface area (Å²) in [7, 11) is 0. The van der Waals surface area contributed by atoms with Crippen molar-refractivity contribution < 1.29 is 9.47 Å². The van der Waals surface area contributed by atoms with E-state index in [2.05, 4.69) is 15.5 Å². The largest absolute Gasteiger partial charge is 0.490 e. The minimum Gasteiger partial charge on any atom is -0.490 e. The molecule has 1 N–H and O–H groups in total. The molecule has 0 radical (unpaired) electrons. The van der Waals surface area contributed by atoms with Crippen molar-refractivity contribution in [2.24, 2.45) is 5.10 Å². The summed E-state index contributed by atoms with van der Waals surface area (Å²) in [6.07, 6.45) is 1.75. The molecule has 0 fully saturated rings. The third kappa shape index (κ3) is 4.92. The molecule has 0 aliphatic carbocycles. The summed E-state index contributed by atoms with van der Waals surface area (Å²) >= 11 is 1.57. The number of fused-ring (bicyclic) bond motifs is 1. The molecule has 29 heavy (non-hydrogen) atoms. The van der Waals surface area contributed by atoms with Crippen LogP contribution in [0.1, 0.15) is 18.1 Å². The molecule has 1 heterocycles. The van der Waals surface area contributed by atoms with Crippen molar-refractivity contribution in [3.05, 3.63) is 83.9 Å². The Kier molecular flexibility index (Phi) is 6.02. The molecule has 4 rings (SSSR count). The Morgan fingerprint density at radius 1 is 0.966 bits per heavy atom. The highest BCUT2D eigenvalue weighted by Crippen LogP contribution is 2.29. The van der Waals surface area contributed by atoms with Crippen LogP contribution in [0.5, 0.6) is 11.5 Å². The van der Waals surface area contributed by atoms with Crippen molar-refractivity contribution in [1.82, 2.24) is 4.98 Å². The van der Waals surface area contributed by atoms with Gasteiger partial charge in [0.2, 0.25) is 5.13 Å². The summed E-state index contributed by atoms with van der Waals surface area (Å²) in [4.78, 5) is 4.51. The number of hydrogen-bond donors (Lipinski definition) is 1. The molecule has 0 aliphatic rings. The maximum Gasteiger partial charge on any atom is 0.204 e. The van der Waals surface area contributed by atoms with Gasteiger partial charge in [-0.25, -0.2) is 4.98 Å². The average Bonchev–Trinajstić information content (AvgIpc) is 3.17. The number of nitrogens with one attached hydrogen (secondary N) is 1. The summed E-state index contributed by atoms with van der Waals surface area (Å²) in [6.45, 7) is 3.01. The van der Waals surface area contributed by atoms with Gasteiger partial charge >= 0.3 is 0 Å². The first-order chi connectivity index (χ1) is 14.3. The fourth-order valence-corrected chi connectivity index (χ4v) is 3.63. The Balaban J connectivity index is 1.44. The predicted octanol–water partition coefficient (Wildman–Crippen LogP) is 5.72. The van der Waals surface area contributed by atoms with E-state index in [1.54, 1.807) is 17.6 Å². The van der Waals surface area contributed by atoms with Gasteiger partial charge in [-0.2, -0.15) is 5.10 Å². The molecule has 5 nitrogen and oxygen atoms in total. The van der Waals surface area contributed by atoms with E-state index in [9.17, 15) is 0 Å². The number of para-hydroxylation sites is 1. The van der Waals surface area contributed by atoms with Crippen molar-refractivity contribution in [2.45, 2.75) is 13.5 Å². The number of aromatic nitrogens is 1. The van der Waals surface area contributed by atoms with Crippen LogP contribution in [0.3, 0.4) is 0 Å². The smallest absolute Gasteiger partial charge is 0.204 e. The Morgan fingerprint density at radius 2 is 1.79 bits per heavy atom. The van der Waals surface area contributed by atoms with Crippen LogP contribution in [0, 0.1) is 0 Å². The van der Waals surface area contributed by atoms with Crippen LogP contribution in [0.15, 0.2) is 77.9 Å². The Labute approximate surface area is 173 Å². The molecule has 4 aromatic rings. The molecule has 0 saturated carbocycles. The van der Waals surface area contributed by atoms with Crippen LogP contribution in [-0.2, 0) is 6.61 Å². The number of benzene rings is 3. The molecular weight excluding hydrogens is 382 g/mol. The Bertz CT molecular complexity index is 1080. The second-order valence-corrected chi connectivity index (χ2v) is 7.30.